The van der Waals surface area contributed by atoms with Gasteiger partial charge < -0.3 is 0 Å². The van der Waals surface area contributed by atoms with Crippen LogP contribution < -0.4 is 0 Å². The van der Waals surface area contributed by atoms with Gasteiger partial charge in [-0.2, -0.15) is 0 Å². The third-order valence-corrected chi connectivity index (χ3v) is 8.36. The summed E-state index contributed by atoms with van der Waals surface area (Å²) in [4.78, 5) is 9.88. The Bertz CT molecular complexity index is 1270. The minimum absolute atomic E-state index is 0.0515. The molecule has 0 aliphatic heterocycles. The van der Waals surface area contributed by atoms with Crippen molar-refractivity contribution in [1.29, 1.82) is 0 Å². The normalized spacial score (nSPS) is 14.1. The largest absolute Gasteiger partial charge is 0.233 e. The molecule has 0 N–H and O–H groups in total. The van der Waals surface area contributed by atoms with Crippen LogP contribution in [0.5, 0.6) is 0 Å². The van der Waals surface area contributed by atoms with Crippen molar-refractivity contribution in [2.24, 2.45) is 0 Å². The summed E-state index contributed by atoms with van der Waals surface area (Å²) in [5.41, 5.74) is 20.1. The maximum atomic E-state index is 4.94. The first kappa shape index (κ1) is 21.7. The highest BCUT2D eigenvalue weighted by Crippen LogP contribution is 2.56. The van der Waals surface area contributed by atoms with E-state index >= 15 is 0 Å². The third kappa shape index (κ3) is 2.70. The number of aryl methyl sites for hydroxylation is 2. The number of aromatic nitrogens is 2. The second-order valence-corrected chi connectivity index (χ2v) is 10.2. The first-order valence-electron chi connectivity index (χ1n) is 11.4. The predicted molar refractivity (Wildman–Crippen MR) is 132 cm³/mol. The van der Waals surface area contributed by atoms with Crippen molar-refractivity contribution in [2.75, 3.05) is 0 Å². The lowest BCUT2D eigenvalue weighted by Crippen LogP contribution is -2.20. The van der Waals surface area contributed by atoms with Crippen molar-refractivity contribution in [2.45, 2.75) is 88.5 Å². The van der Waals surface area contributed by atoms with Gasteiger partial charge >= 0.3 is 0 Å². The molecule has 0 bridgehead atoms. The maximum absolute atomic E-state index is 4.94. The van der Waals surface area contributed by atoms with Crippen LogP contribution in [0.3, 0.4) is 0 Å². The van der Waals surface area contributed by atoms with E-state index in [0.717, 1.165) is 17.2 Å². The van der Waals surface area contributed by atoms with Gasteiger partial charge in [0.1, 0.15) is 0 Å². The molecule has 162 valence electrons. The highest BCUT2D eigenvalue weighted by Gasteiger charge is 2.42. The van der Waals surface area contributed by atoms with Gasteiger partial charge in [0.25, 0.3) is 0 Å². The molecule has 1 aliphatic carbocycles. The van der Waals surface area contributed by atoms with Gasteiger partial charge in [-0.25, -0.2) is 9.97 Å². The molecule has 0 fully saturated rings. The molecule has 0 saturated carbocycles. The van der Waals surface area contributed by atoms with Gasteiger partial charge in [-0.05, 0) is 136 Å². The number of hydrogen-bond donors (Lipinski definition) is 0. The van der Waals surface area contributed by atoms with E-state index < -0.39 is 0 Å². The van der Waals surface area contributed by atoms with Crippen LogP contribution in [0.15, 0.2) is 0 Å². The molecular weight excluding hydrogens is 376 g/mol. The summed E-state index contributed by atoms with van der Waals surface area (Å²) in [6.07, 6.45) is 0. The van der Waals surface area contributed by atoms with Gasteiger partial charge in [0, 0.05) is 22.4 Å². The van der Waals surface area contributed by atoms with Gasteiger partial charge in [-0.3, -0.25) is 0 Å². The highest BCUT2D eigenvalue weighted by molar-refractivity contribution is 5.92. The average Bonchev–Trinajstić information content (AvgIpc) is 2.95. The Morgan fingerprint density at radius 2 is 0.806 bits per heavy atom. The highest BCUT2D eigenvalue weighted by atomic mass is 14.9. The van der Waals surface area contributed by atoms with Gasteiger partial charge in [0.15, 0.2) is 5.82 Å². The monoisotopic (exact) mass is 412 g/mol. The number of nitrogens with zero attached hydrogens (tertiary/aromatic N) is 2. The molecule has 0 saturated heterocycles. The van der Waals surface area contributed by atoms with Crippen LogP contribution in [0.1, 0.15) is 80.9 Å². The molecule has 31 heavy (non-hydrogen) atoms. The van der Waals surface area contributed by atoms with Crippen molar-refractivity contribution in [1.82, 2.24) is 9.97 Å². The molecule has 0 atom stereocenters. The fourth-order valence-electron chi connectivity index (χ4n) is 6.00. The Morgan fingerprint density at radius 1 is 0.419 bits per heavy atom. The zero-order valence-corrected chi connectivity index (χ0v) is 21.4. The molecule has 0 unspecified atom stereocenters. The Balaban J connectivity index is 2.17. The second kappa shape index (κ2) is 6.76. The van der Waals surface area contributed by atoms with Crippen LogP contribution in [0.2, 0.25) is 0 Å². The summed E-state index contributed by atoms with van der Waals surface area (Å²) in [5, 5.41) is 0. The Labute approximate surface area is 188 Å². The van der Waals surface area contributed by atoms with Crippen LogP contribution >= 0.6 is 0 Å². The molecule has 2 aromatic carbocycles. The van der Waals surface area contributed by atoms with Crippen molar-refractivity contribution in [3.63, 3.8) is 0 Å². The lowest BCUT2D eigenvalue weighted by Gasteiger charge is -2.28. The van der Waals surface area contributed by atoms with E-state index in [9.17, 15) is 0 Å². The topological polar surface area (TPSA) is 25.8 Å². The minimum Gasteiger partial charge on any atom is -0.233 e. The fourth-order valence-corrected chi connectivity index (χ4v) is 6.00. The Kier molecular flexibility index (Phi) is 4.74. The summed E-state index contributed by atoms with van der Waals surface area (Å²) >= 11 is 0. The lowest BCUT2D eigenvalue weighted by atomic mass is 9.75. The molecule has 4 rings (SSSR count). The van der Waals surface area contributed by atoms with Crippen molar-refractivity contribution >= 4 is 0 Å². The molecule has 1 aromatic heterocycles. The van der Waals surface area contributed by atoms with Crippen LogP contribution in [-0.2, 0) is 5.41 Å². The van der Waals surface area contributed by atoms with Crippen LogP contribution in [0.4, 0.5) is 0 Å². The van der Waals surface area contributed by atoms with Crippen LogP contribution in [0, 0.1) is 69.2 Å². The number of rotatable bonds is 1. The van der Waals surface area contributed by atoms with Gasteiger partial charge in [0.05, 0.1) is 0 Å². The van der Waals surface area contributed by atoms with E-state index in [4.69, 9.17) is 9.97 Å². The molecule has 0 spiro atoms. The number of benzene rings is 2. The lowest BCUT2D eigenvalue weighted by molar-refractivity contribution is 0.649. The fraction of sp³-hybridized carbons (Fsp3) is 0.448. The van der Waals surface area contributed by atoms with Gasteiger partial charge in [0.2, 0.25) is 0 Å². The van der Waals surface area contributed by atoms with E-state index in [0.29, 0.717) is 0 Å². The Morgan fingerprint density at radius 3 is 1.32 bits per heavy atom. The first-order chi connectivity index (χ1) is 14.3. The van der Waals surface area contributed by atoms with Crippen molar-refractivity contribution < 1.29 is 0 Å². The molecule has 2 heteroatoms. The zero-order valence-electron chi connectivity index (χ0n) is 21.4. The van der Waals surface area contributed by atoms with E-state index in [1.165, 1.54) is 72.3 Å². The average molecular weight is 413 g/mol. The zero-order chi connectivity index (χ0) is 23.2. The van der Waals surface area contributed by atoms with E-state index in [-0.39, 0.29) is 5.41 Å². The molecule has 1 heterocycles. The molecular formula is C29H36N2. The van der Waals surface area contributed by atoms with Crippen molar-refractivity contribution in [3.8, 4) is 22.5 Å². The van der Waals surface area contributed by atoms with Crippen LogP contribution in [-0.4, -0.2) is 9.97 Å². The summed E-state index contributed by atoms with van der Waals surface area (Å²) < 4.78 is 0. The van der Waals surface area contributed by atoms with Crippen molar-refractivity contribution in [3.05, 3.63) is 67.0 Å². The molecule has 3 aromatic rings. The molecule has 2 nitrogen and oxygen atoms in total. The number of hydrogen-bond acceptors (Lipinski definition) is 2. The minimum atomic E-state index is -0.0515. The van der Waals surface area contributed by atoms with Gasteiger partial charge in [-0.15, -0.1) is 0 Å². The molecule has 0 amide bonds. The molecule has 1 aliphatic rings. The third-order valence-electron chi connectivity index (χ3n) is 8.36. The summed E-state index contributed by atoms with van der Waals surface area (Å²) in [7, 11) is 0. The smallest absolute Gasteiger partial charge is 0.160 e. The first-order valence-corrected chi connectivity index (χ1v) is 11.4. The van der Waals surface area contributed by atoms with E-state index in [2.05, 4.69) is 83.1 Å². The number of fused-ring (bicyclic) bond motifs is 3. The quantitative estimate of drug-likeness (QED) is 0.413. The maximum Gasteiger partial charge on any atom is 0.160 e. The summed E-state index contributed by atoms with van der Waals surface area (Å²) in [5.74, 6) is 0.870. The second-order valence-electron chi connectivity index (χ2n) is 10.2. The van der Waals surface area contributed by atoms with Gasteiger partial charge in [-0.1, -0.05) is 13.8 Å². The predicted octanol–water partition coefficient (Wildman–Crippen LogP) is 7.53. The van der Waals surface area contributed by atoms with Crippen LogP contribution in [0.25, 0.3) is 22.5 Å². The Hall–Kier alpha value is -2.48. The van der Waals surface area contributed by atoms with E-state index in [1.54, 1.807) is 0 Å². The molecule has 0 radical (unpaired) electrons. The summed E-state index contributed by atoms with van der Waals surface area (Å²) in [6.45, 7) is 27.1. The standard InChI is InChI=1S/C29H36N2/c1-13-14(2)18(6)26-24(15(13)3)25-17(5)16(4)23(20(8)27(25)29(26,11)12)28-30-21(9)19(7)22(10)31-28/h1-12H3. The SMILES string of the molecule is Cc1nc(-c2c(C)c(C)c3c(c2C)C(C)(C)c2c(C)c(C)c(C)c(C)c2-3)nc(C)c1C. The van der Waals surface area contributed by atoms with E-state index in [1.807, 2.05) is 0 Å². The summed E-state index contributed by atoms with van der Waals surface area (Å²) in [6, 6.07) is 0.